The van der Waals surface area contributed by atoms with Crippen LogP contribution in [-0.2, 0) is 17.6 Å². The van der Waals surface area contributed by atoms with Crippen molar-refractivity contribution < 1.29 is 14.3 Å². The first kappa shape index (κ1) is 14.4. The molecule has 0 radical (unpaired) electrons. The van der Waals surface area contributed by atoms with Crippen molar-refractivity contribution in [2.24, 2.45) is 0 Å². The van der Waals surface area contributed by atoms with E-state index in [1.165, 1.54) is 0 Å². The molecule has 2 aromatic carbocycles. The Labute approximate surface area is 130 Å². The molecule has 0 spiro atoms. The van der Waals surface area contributed by atoms with E-state index < -0.39 is 0 Å². The Hall–Kier alpha value is -2.49. The summed E-state index contributed by atoms with van der Waals surface area (Å²) >= 11 is 0. The van der Waals surface area contributed by atoms with Crippen LogP contribution in [0.3, 0.4) is 0 Å². The Morgan fingerprint density at radius 1 is 1.23 bits per heavy atom. The van der Waals surface area contributed by atoms with Crippen molar-refractivity contribution in [3.63, 3.8) is 0 Å². The van der Waals surface area contributed by atoms with Gasteiger partial charge in [-0.05, 0) is 35.7 Å². The van der Waals surface area contributed by atoms with E-state index in [9.17, 15) is 4.79 Å². The van der Waals surface area contributed by atoms with Crippen LogP contribution in [0.25, 0.3) is 0 Å². The lowest BCUT2D eigenvalue weighted by Crippen LogP contribution is -2.43. The molecule has 1 atom stereocenters. The van der Waals surface area contributed by atoms with Crippen molar-refractivity contribution in [3.8, 4) is 11.5 Å². The second-order valence-corrected chi connectivity index (χ2v) is 5.41. The van der Waals surface area contributed by atoms with Crippen molar-refractivity contribution in [2.75, 3.05) is 13.7 Å². The number of para-hydroxylation sites is 1. The average molecular weight is 297 g/mol. The first-order chi connectivity index (χ1) is 10.7. The number of benzene rings is 2. The molecule has 114 valence electrons. The van der Waals surface area contributed by atoms with Crippen molar-refractivity contribution >= 4 is 5.91 Å². The van der Waals surface area contributed by atoms with E-state index >= 15 is 0 Å². The predicted octanol–water partition coefficient (Wildman–Crippen LogP) is 2.36. The lowest BCUT2D eigenvalue weighted by Gasteiger charge is -2.26. The van der Waals surface area contributed by atoms with Gasteiger partial charge in [0, 0.05) is 0 Å². The molecule has 0 aliphatic carbocycles. The maximum absolute atomic E-state index is 12.1. The molecular formula is C18H19NO3. The van der Waals surface area contributed by atoms with Crippen LogP contribution < -0.4 is 14.8 Å². The highest BCUT2D eigenvalue weighted by molar-refractivity contribution is 5.79. The summed E-state index contributed by atoms with van der Waals surface area (Å²) in [6.07, 6.45) is 1.17. The molecule has 4 heteroatoms. The van der Waals surface area contributed by atoms with Gasteiger partial charge in [-0.3, -0.25) is 4.79 Å². The number of amides is 1. The maximum atomic E-state index is 12.1. The minimum Gasteiger partial charge on any atom is -0.497 e. The molecular weight excluding hydrogens is 278 g/mol. The van der Waals surface area contributed by atoms with Gasteiger partial charge in [0.1, 0.15) is 18.1 Å². The molecule has 1 aliphatic rings. The number of nitrogens with one attached hydrogen (secondary N) is 1. The summed E-state index contributed by atoms with van der Waals surface area (Å²) in [6.45, 7) is 0.519. The Balaban J connectivity index is 1.56. The van der Waals surface area contributed by atoms with Crippen LogP contribution in [-0.4, -0.2) is 25.7 Å². The van der Waals surface area contributed by atoms with E-state index in [2.05, 4.69) is 5.32 Å². The molecule has 0 saturated heterocycles. The van der Waals surface area contributed by atoms with Gasteiger partial charge in [0.15, 0.2) is 0 Å². The van der Waals surface area contributed by atoms with E-state index in [4.69, 9.17) is 9.47 Å². The largest absolute Gasteiger partial charge is 0.497 e. The van der Waals surface area contributed by atoms with Gasteiger partial charge in [-0.2, -0.15) is 0 Å². The number of carbonyl (C=O) groups excluding carboxylic acids is 1. The zero-order valence-electron chi connectivity index (χ0n) is 12.5. The second-order valence-electron chi connectivity index (χ2n) is 5.41. The lowest BCUT2D eigenvalue weighted by molar-refractivity contribution is -0.121. The summed E-state index contributed by atoms with van der Waals surface area (Å²) in [4.78, 5) is 12.1. The van der Waals surface area contributed by atoms with Crippen LogP contribution in [0.5, 0.6) is 11.5 Å². The Bertz CT molecular complexity index is 652. The van der Waals surface area contributed by atoms with Crippen LogP contribution in [0.1, 0.15) is 11.1 Å². The van der Waals surface area contributed by atoms with E-state index in [1.807, 2.05) is 48.5 Å². The molecule has 3 rings (SSSR count). The van der Waals surface area contributed by atoms with Crippen molar-refractivity contribution in [1.29, 1.82) is 0 Å². The summed E-state index contributed by atoms with van der Waals surface area (Å²) in [5.74, 6) is 1.72. The molecule has 0 saturated carbocycles. The average Bonchev–Trinajstić information content (AvgIpc) is 2.55. The third kappa shape index (κ3) is 3.39. The normalized spacial score (nSPS) is 16.3. The summed E-state index contributed by atoms with van der Waals surface area (Å²) in [7, 11) is 1.63. The minimum absolute atomic E-state index is 0.0122. The van der Waals surface area contributed by atoms with E-state index in [-0.39, 0.29) is 11.9 Å². The highest BCUT2D eigenvalue weighted by Crippen LogP contribution is 2.23. The van der Waals surface area contributed by atoms with Gasteiger partial charge in [0.25, 0.3) is 0 Å². The first-order valence-electron chi connectivity index (χ1n) is 7.37. The van der Waals surface area contributed by atoms with Crippen LogP contribution in [0.4, 0.5) is 0 Å². The molecule has 4 nitrogen and oxygen atoms in total. The van der Waals surface area contributed by atoms with E-state index in [0.717, 1.165) is 29.0 Å². The number of rotatable bonds is 4. The molecule has 0 aromatic heterocycles. The van der Waals surface area contributed by atoms with Gasteiger partial charge >= 0.3 is 0 Å². The monoisotopic (exact) mass is 297 g/mol. The Morgan fingerprint density at radius 3 is 2.77 bits per heavy atom. The number of methoxy groups -OCH3 is 1. The third-order valence-electron chi connectivity index (χ3n) is 3.77. The van der Waals surface area contributed by atoms with Gasteiger partial charge in [-0.25, -0.2) is 0 Å². The predicted molar refractivity (Wildman–Crippen MR) is 84.3 cm³/mol. The molecule has 0 bridgehead atoms. The van der Waals surface area contributed by atoms with Gasteiger partial charge < -0.3 is 14.8 Å². The van der Waals surface area contributed by atoms with E-state index in [0.29, 0.717) is 13.0 Å². The minimum atomic E-state index is 0.0122. The molecule has 22 heavy (non-hydrogen) atoms. The second kappa shape index (κ2) is 6.52. The quantitative estimate of drug-likeness (QED) is 0.942. The highest BCUT2D eigenvalue weighted by Gasteiger charge is 2.20. The fourth-order valence-corrected chi connectivity index (χ4v) is 2.63. The van der Waals surface area contributed by atoms with Crippen molar-refractivity contribution in [1.82, 2.24) is 5.32 Å². The molecule has 1 unspecified atom stereocenters. The van der Waals surface area contributed by atoms with Gasteiger partial charge in [0.05, 0.1) is 19.6 Å². The number of fused-ring (bicyclic) bond motifs is 1. The molecule has 1 amide bonds. The number of ether oxygens (including phenoxy) is 2. The Morgan fingerprint density at radius 2 is 2.00 bits per heavy atom. The molecule has 1 heterocycles. The molecule has 2 aromatic rings. The summed E-state index contributed by atoms with van der Waals surface area (Å²) < 4.78 is 10.8. The van der Waals surface area contributed by atoms with Crippen molar-refractivity contribution in [3.05, 3.63) is 59.7 Å². The topological polar surface area (TPSA) is 47.6 Å². The van der Waals surface area contributed by atoms with Crippen LogP contribution in [0.15, 0.2) is 48.5 Å². The van der Waals surface area contributed by atoms with Gasteiger partial charge in [-0.1, -0.05) is 30.3 Å². The van der Waals surface area contributed by atoms with Gasteiger partial charge in [-0.15, -0.1) is 0 Å². The summed E-state index contributed by atoms with van der Waals surface area (Å²) in [5.41, 5.74) is 2.11. The summed E-state index contributed by atoms with van der Waals surface area (Å²) in [6, 6.07) is 15.5. The maximum Gasteiger partial charge on any atom is 0.224 e. The van der Waals surface area contributed by atoms with Gasteiger partial charge in [0.2, 0.25) is 5.91 Å². The number of hydrogen-bond donors (Lipinski definition) is 1. The first-order valence-corrected chi connectivity index (χ1v) is 7.37. The molecule has 1 aliphatic heterocycles. The third-order valence-corrected chi connectivity index (χ3v) is 3.77. The highest BCUT2D eigenvalue weighted by atomic mass is 16.5. The number of hydrogen-bond acceptors (Lipinski definition) is 3. The van der Waals surface area contributed by atoms with Crippen LogP contribution in [0.2, 0.25) is 0 Å². The molecule has 1 N–H and O–H groups in total. The number of carbonyl (C=O) groups is 1. The van der Waals surface area contributed by atoms with E-state index in [1.54, 1.807) is 7.11 Å². The Kier molecular flexibility index (Phi) is 4.28. The standard InChI is InChI=1S/C18H19NO3/c1-21-16-8-6-13(7-9-16)10-18(20)19-15-11-14-4-2-3-5-17(14)22-12-15/h2-9,15H,10-12H2,1H3,(H,19,20). The SMILES string of the molecule is COc1ccc(CC(=O)NC2COc3ccccc3C2)cc1. The summed E-state index contributed by atoms with van der Waals surface area (Å²) in [5, 5.41) is 3.04. The molecule has 0 fully saturated rings. The van der Waals surface area contributed by atoms with Crippen molar-refractivity contribution in [2.45, 2.75) is 18.9 Å². The fraction of sp³-hybridized carbons (Fsp3) is 0.278. The smallest absolute Gasteiger partial charge is 0.224 e. The zero-order chi connectivity index (χ0) is 15.4. The lowest BCUT2D eigenvalue weighted by atomic mass is 10.0. The zero-order valence-corrected chi connectivity index (χ0v) is 12.5. The van der Waals surface area contributed by atoms with Crippen LogP contribution in [0, 0.1) is 0 Å². The fourth-order valence-electron chi connectivity index (χ4n) is 2.63. The van der Waals surface area contributed by atoms with Crippen LogP contribution >= 0.6 is 0 Å².